The molecule has 31 heavy (non-hydrogen) atoms. The minimum Gasteiger partial charge on any atom is -0.507 e. The number of nitriles is 1. The van der Waals surface area contributed by atoms with Gasteiger partial charge in [-0.05, 0) is 53.0 Å². The Hall–Kier alpha value is -3.06. The predicted octanol–water partition coefficient (Wildman–Crippen LogP) is 5.64. The number of aromatic hydroxyl groups is 1. The number of amides is 1. The first-order valence-electron chi connectivity index (χ1n) is 10.8. The van der Waals surface area contributed by atoms with E-state index in [0.29, 0.717) is 6.54 Å². The fourth-order valence-electron chi connectivity index (χ4n) is 3.43. The maximum atomic E-state index is 12.6. The van der Waals surface area contributed by atoms with Crippen LogP contribution < -0.4 is 5.32 Å². The summed E-state index contributed by atoms with van der Waals surface area (Å²) < 4.78 is 0. The highest BCUT2D eigenvalue weighted by atomic mass is 16.3. The summed E-state index contributed by atoms with van der Waals surface area (Å²) in [5, 5.41) is 23.3. The van der Waals surface area contributed by atoms with Gasteiger partial charge in [-0.2, -0.15) is 5.26 Å². The molecule has 0 fully saturated rings. The van der Waals surface area contributed by atoms with Gasteiger partial charge in [0.1, 0.15) is 17.4 Å². The van der Waals surface area contributed by atoms with Crippen molar-refractivity contribution >= 4 is 12.0 Å². The van der Waals surface area contributed by atoms with E-state index < -0.39 is 0 Å². The Morgan fingerprint density at radius 1 is 1.03 bits per heavy atom. The van der Waals surface area contributed by atoms with Crippen LogP contribution in [0.3, 0.4) is 0 Å². The molecule has 2 rings (SSSR count). The zero-order valence-electron chi connectivity index (χ0n) is 19.5. The molecule has 0 aliphatic heterocycles. The third kappa shape index (κ3) is 6.72. The molecule has 2 aromatic rings. The number of benzene rings is 2. The minimum atomic E-state index is -0.377. The van der Waals surface area contributed by atoms with E-state index >= 15 is 0 Å². The molecule has 0 aliphatic rings. The first-order valence-corrected chi connectivity index (χ1v) is 10.8. The van der Waals surface area contributed by atoms with Crippen LogP contribution in [0.1, 0.15) is 70.2 Å². The first-order chi connectivity index (χ1) is 14.4. The van der Waals surface area contributed by atoms with Gasteiger partial charge in [0, 0.05) is 17.7 Å². The number of aryl methyl sites for hydroxylation is 1. The number of hydrogen-bond donors (Lipinski definition) is 2. The second kappa shape index (κ2) is 9.83. The number of phenols is 1. The Bertz CT molecular complexity index is 950. The maximum absolute atomic E-state index is 12.6. The molecule has 4 heteroatoms. The van der Waals surface area contributed by atoms with E-state index in [2.05, 4.69) is 17.4 Å². The molecule has 0 saturated heterocycles. The SMILES string of the molecule is CC(C)(C)c1cc(/C=C(/C#N)C(=O)NCCCc2ccccc2)cc(C(C)(C)C)c1O. The zero-order chi connectivity index (χ0) is 23.2. The third-order valence-corrected chi connectivity index (χ3v) is 5.19. The molecule has 0 saturated carbocycles. The molecule has 4 nitrogen and oxygen atoms in total. The van der Waals surface area contributed by atoms with Crippen molar-refractivity contribution in [2.75, 3.05) is 6.54 Å². The molecule has 2 N–H and O–H groups in total. The fourth-order valence-corrected chi connectivity index (χ4v) is 3.43. The van der Waals surface area contributed by atoms with Gasteiger partial charge in [-0.1, -0.05) is 71.9 Å². The van der Waals surface area contributed by atoms with Crippen molar-refractivity contribution in [3.63, 3.8) is 0 Å². The molecule has 0 unspecified atom stereocenters. The van der Waals surface area contributed by atoms with E-state index in [1.165, 1.54) is 5.56 Å². The molecule has 2 aromatic carbocycles. The molecule has 0 aromatic heterocycles. The van der Waals surface area contributed by atoms with Crippen molar-refractivity contribution < 1.29 is 9.90 Å². The lowest BCUT2D eigenvalue weighted by Gasteiger charge is -2.28. The van der Waals surface area contributed by atoms with Crippen molar-refractivity contribution in [1.29, 1.82) is 5.26 Å². The van der Waals surface area contributed by atoms with Crippen LogP contribution in [0.2, 0.25) is 0 Å². The summed E-state index contributed by atoms with van der Waals surface area (Å²) in [6.45, 7) is 12.7. The first kappa shape index (κ1) is 24.2. The second-order valence-corrected chi connectivity index (χ2v) is 9.98. The Kier molecular flexibility index (Phi) is 7.68. The van der Waals surface area contributed by atoms with Crippen LogP contribution in [0, 0.1) is 11.3 Å². The van der Waals surface area contributed by atoms with Gasteiger partial charge >= 0.3 is 0 Å². The molecule has 0 bridgehead atoms. The summed E-state index contributed by atoms with van der Waals surface area (Å²) in [6, 6.07) is 15.9. The van der Waals surface area contributed by atoms with Crippen LogP contribution in [0.5, 0.6) is 5.75 Å². The van der Waals surface area contributed by atoms with E-state index in [0.717, 1.165) is 29.5 Å². The average molecular weight is 419 g/mol. The highest BCUT2D eigenvalue weighted by Gasteiger charge is 2.26. The molecule has 0 aliphatic carbocycles. The number of hydrogen-bond acceptors (Lipinski definition) is 3. The summed E-state index contributed by atoms with van der Waals surface area (Å²) in [6.07, 6.45) is 3.28. The Balaban J connectivity index is 2.22. The summed E-state index contributed by atoms with van der Waals surface area (Å²) in [5.41, 5.74) is 3.06. The molecular formula is C27H34N2O2. The Labute approximate surface area is 186 Å². The lowest BCUT2D eigenvalue weighted by molar-refractivity contribution is -0.117. The van der Waals surface area contributed by atoms with Gasteiger partial charge in [0.15, 0.2) is 0 Å². The van der Waals surface area contributed by atoms with Crippen LogP contribution in [-0.2, 0) is 22.0 Å². The van der Waals surface area contributed by atoms with Crippen molar-refractivity contribution in [2.45, 2.75) is 65.2 Å². The number of rotatable bonds is 6. The number of carbonyl (C=O) groups is 1. The van der Waals surface area contributed by atoms with Gasteiger partial charge in [0.25, 0.3) is 5.91 Å². The molecule has 0 heterocycles. The highest BCUT2D eigenvalue weighted by molar-refractivity contribution is 6.01. The lowest BCUT2D eigenvalue weighted by Crippen LogP contribution is -2.26. The topological polar surface area (TPSA) is 73.1 Å². The molecule has 0 radical (unpaired) electrons. The van der Waals surface area contributed by atoms with Crippen molar-refractivity contribution in [1.82, 2.24) is 5.32 Å². The monoisotopic (exact) mass is 418 g/mol. The molecule has 164 valence electrons. The second-order valence-electron chi connectivity index (χ2n) is 9.98. The number of carbonyl (C=O) groups excluding carboxylic acids is 1. The summed E-state index contributed by atoms with van der Waals surface area (Å²) >= 11 is 0. The molecule has 0 atom stereocenters. The van der Waals surface area contributed by atoms with Gasteiger partial charge in [0.2, 0.25) is 0 Å². The van der Waals surface area contributed by atoms with Gasteiger partial charge in [-0.3, -0.25) is 4.79 Å². The minimum absolute atomic E-state index is 0.0603. The molecule has 0 spiro atoms. The van der Waals surface area contributed by atoms with Crippen LogP contribution >= 0.6 is 0 Å². The van der Waals surface area contributed by atoms with Crippen LogP contribution in [0.25, 0.3) is 6.08 Å². The maximum Gasteiger partial charge on any atom is 0.261 e. The summed E-state index contributed by atoms with van der Waals surface area (Å²) in [7, 11) is 0. The van der Waals surface area contributed by atoms with Gasteiger partial charge in [0.05, 0.1) is 0 Å². The summed E-state index contributed by atoms with van der Waals surface area (Å²) in [4.78, 5) is 12.6. The largest absolute Gasteiger partial charge is 0.507 e. The van der Waals surface area contributed by atoms with Crippen molar-refractivity contribution in [3.05, 3.63) is 70.3 Å². The van der Waals surface area contributed by atoms with Gasteiger partial charge < -0.3 is 10.4 Å². The number of nitrogens with zero attached hydrogens (tertiary/aromatic N) is 1. The highest BCUT2D eigenvalue weighted by Crippen LogP contribution is 2.40. The smallest absolute Gasteiger partial charge is 0.261 e. The number of phenolic OH excluding ortho intramolecular Hbond substituents is 1. The average Bonchev–Trinajstić information content (AvgIpc) is 2.69. The van der Waals surface area contributed by atoms with Crippen LogP contribution in [0.15, 0.2) is 48.0 Å². The quantitative estimate of drug-likeness (QED) is 0.362. The van der Waals surface area contributed by atoms with E-state index in [-0.39, 0.29) is 28.1 Å². The van der Waals surface area contributed by atoms with Gasteiger partial charge in [-0.15, -0.1) is 0 Å². The van der Waals surface area contributed by atoms with E-state index in [1.54, 1.807) is 6.08 Å². The Morgan fingerprint density at radius 2 is 1.58 bits per heavy atom. The van der Waals surface area contributed by atoms with Crippen molar-refractivity contribution in [2.24, 2.45) is 0 Å². The normalized spacial score (nSPS) is 12.4. The molecular weight excluding hydrogens is 384 g/mol. The molecule has 1 amide bonds. The fraction of sp³-hybridized carbons (Fsp3) is 0.407. The standard InChI is InChI=1S/C27H34N2O2/c1-26(2,3)22-16-20(17-23(24(22)30)27(4,5)6)15-21(18-28)25(31)29-14-10-13-19-11-8-7-9-12-19/h7-9,11-12,15-17,30H,10,13-14H2,1-6H3,(H,29,31)/b21-15-. The van der Waals surface area contributed by atoms with E-state index in [1.807, 2.05) is 77.9 Å². The van der Waals surface area contributed by atoms with E-state index in [4.69, 9.17) is 0 Å². The van der Waals surface area contributed by atoms with Crippen LogP contribution in [-0.4, -0.2) is 17.6 Å². The Morgan fingerprint density at radius 3 is 2.06 bits per heavy atom. The summed E-state index contributed by atoms with van der Waals surface area (Å²) in [5.74, 6) is -0.0979. The number of nitrogens with one attached hydrogen (secondary N) is 1. The van der Waals surface area contributed by atoms with E-state index in [9.17, 15) is 15.2 Å². The van der Waals surface area contributed by atoms with Crippen molar-refractivity contribution in [3.8, 4) is 11.8 Å². The predicted molar refractivity (Wildman–Crippen MR) is 127 cm³/mol. The van der Waals surface area contributed by atoms with Gasteiger partial charge in [-0.25, -0.2) is 0 Å². The lowest BCUT2D eigenvalue weighted by atomic mass is 9.78. The third-order valence-electron chi connectivity index (χ3n) is 5.19. The van der Waals surface area contributed by atoms with Crippen LogP contribution in [0.4, 0.5) is 0 Å². The zero-order valence-corrected chi connectivity index (χ0v) is 19.5.